The molecule has 0 fully saturated rings. The number of nitrogens with zero attached hydrogens (tertiary/aromatic N) is 2. The van der Waals surface area contributed by atoms with Gasteiger partial charge in [0.1, 0.15) is 0 Å². The van der Waals surface area contributed by atoms with E-state index >= 15 is 0 Å². The summed E-state index contributed by atoms with van der Waals surface area (Å²) in [7, 11) is 0. The lowest BCUT2D eigenvalue weighted by Gasteiger charge is -2.02. The molecule has 3 aromatic carbocycles. The molecule has 2 nitrogen and oxygen atoms in total. The fourth-order valence-corrected chi connectivity index (χ4v) is 2.09. The standard InChI is InChI=1S/C20H16N2/c1-4-10-17(11-5-1)16-20(18-12-6-2-7-13-18)22-21-19-14-8-3-9-15-19/h1-16H/b20-16+,22-21?. The van der Waals surface area contributed by atoms with Crippen molar-refractivity contribution in [2.75, 3.05) is 0 Å². The highest BCUT2D eigenvalue weighted by molar-refractivity contribution is 5.80. The molecule has 0 unspecified atom stereocenters. The van der Waals surface area contributed by atoms with Crippen LogP contribution in [0, 0.1) is 0 Å². The molecule has 3 aromatic rings. The van der Waals surface area contributed by atoms with Crippen molar-refractivity contribution >= 4 is 17.5 Å². The second kappa shape index (κ2) is 7.14. The molecular formula is C20H16N2. The smallest absolute Gasteiger partial charge is 0.0935 e. The third kappa shape index (κ3) is 3.76. The first kappa shape index (κ1) is 14.0. The molecule has 0 spiro atoms. The van der Waals surface area contributed by atoms with Crippen LogP contribution in [0.5, 0.6) is 0 Å². The van der Waals surface area contributed by atoms with E-state index in [9.17, 15) is 0 Å². The van der Waals surface area contributed by atoms with E-state index in [1.165, 1.54) is 0 Å². The minimum absolute atomic E-state index is 0.843. The van der Waals surface area contributed by atoms with Crippen LogP contribution in [0.1, 0.15) is 11.1 Å². The van der Waals surface area contributed by atoms with Crippen LogP contribution < -0.4 is 0 Å². The van der Waals surface area contributed by atoms with Crippen molar-refractivity contribution in [1.29, 1.82) is 0 Å². The predicted octanol–water partition coefficient (Wildman–Crippen LogP) is 5.97. The molecule has 3 rings (SSSR count). The van der Waals surface area contributed by atoms with Crippen molar-refractivity contribution < 1.29 is 0 Å². The van der Waals surface area contributed by atoms with E-state index in [0.29, 0.717) is 0 Å². The maximum atomic E-state index is 4.45. The molecule has 0 radical (unpaired) electrons. The molecule has 2 heteroatoms. The zero-order valence-corrected chi connectivity index (χ0v) is 12.1. The molecule has 0 aromatic heterocycles. The summed E-state index contributed by atoms with van der Waals surface area (Å²) in [6, 6.07) is 30.0. The van der Waals surface area contributed by atoms with E-state index in [0.717, 1.165) is 22.5 Å². The Hall–Kier alpha value is -3.00. The molecule has 0 saturated carbocycles. The molecule has 0 N–H and O–H groups in total. The maximum absolute atomic E-state index is 4.45. The van der Waals surface area contributed by atoms with E-state index in [-0.39, 0.29) is 0 Å². The van der Waals surface area contributed by atoms with Crippen LogP contribution in [0.25, 0.3) is 11.8 Å². The number of hydrogen-bond donors (Lipinski definition) is 0. The van der Waals surface area contributed by atoms with Crippen LogP contribution in [0.3, 0.4) is 0 Å². The lowest BCUT2D eigenvalue weighted by atomic mass is 10.1. The number of rotatable bonds is 4. The Balaban J connectivity index is 1.97. The highest BCUT2D eigenvalue weighted by Gasteiger charge is 2.00. The van der Waals surface area contributed by atoms with Crippen molar-refractivity contribution in [3.05, 3.63) is 102 Å². The van der Waals surface area contributed by atoms with Gasteiger partial charge in [-0.1, -0.05) is 78.9 Å². The number of azo groups is 1. The molecule has 0 aliphatic carbocycles. The summed E-state index contributed by atoms with van der Waals surface area (Å²) in [5, 5.41) is 8.78. The predicted molar refractivity (Wildman–Crippen MR) is 91.7 cm³/mol. The van der Waals surface area contributed by atoms with E-state index in [2.05, 4.69) is 22.4 Å². The van der Waals surface area contributed by atoms with Crippen LogP contribution in [-0.2, 0) is 0 Å². The van der Waals surface area contributed by atoms with Gasteiger partial charge in [-0.25, -0.2) is 0 Å². The summed E-state index contributed by atoms with van der Waals surface area (Å²) in [5.41, 5.74) is 3.84. The van der Waals surface area contributed by atoms with Gasteiger partial charge in [-0.2, -0.15) is 5.11 Å². The van der Waals surface area contributed by atoms with Gasteiger partial charge < -0.3 is 0 Å². The summed E-state index contributed by atoms with van der Waals surface area (Å²) in [6.45, 7) is 0. The molecule has 22 heavy (non-hydrogen) atoms. The molecule has 0 bridgehead atoms. The van der Waals surface area contributed by atoms with Crippen LogP contribution in [-0.4, -0.2) is 0 Å². The molecule has 0 aliphatic rings. The minimum Gasteiger partial charge on any atom is -0.151 e. The van der Waals surface area contributed by atoms with E-state index < -0.39 is 0 Å². The summed E-state index contributed by atoms with van der Waals surface area (Å²) in [6.07, 6.45) is 2.04. The Morgan fingerprint density at radius 2 is 1.18 bits per heavy atom. The lowest BCUT2D eigenvalue weighted by Crippen LogP contribution is -1.80. The Labute approximate surface area is 130 Å². The molecule has 0 heterocycles. The lowest BCUT2D eigenvalue weighted by molar-refractivity contribution is 1.24. The van der Waals surface area contributed by atoms with Gasteiger partial charge in [0.05, 0.1) is 11.4 Å². The third-order valence-electron chi connectivity index (χ3n) is 3.20. The Morgan fingerprint density at radius 1 is 0.636 bits per heavy atom. The first-order valence-electron chi connectivity index (χ1n) is 7.21. The Kier molecular flexibility index (Phi) is 4.53. The fourth-order valence-electron chi connectivity index (χ4n) is 2.09. The van der Waals surface area contributed by atoms with Gasteiger partial charge in [0.25, 0.3) is 0 Å². The van der Waals surface area contributed by atoms with E-state index in [1.807, 2.05) is 84.9 Å². The van der Waals surface area contributed by atoms with Crippen LogP contribution in [0.2, 0.25) is 0 Å². The second-order valence-corrected chi connectivity index (χ2v) is 4.84. The normalized spacial score (nSPS) is 11.7. The van der Waals surface area contributed by atoms with Gasteiger partial charge in [-0.05, 0) is 23.8 Å². The topological polar surface area (TPSA) is 24.7 Å². The Morgan fingerprint density at radius 3 is 1.82 bits per heavy atom. The van der Waals surface area contributed by atoms with Crippen molar-refractivity contribution in [2.24, 2.45) is 10.2 Å². The van der Waals surface area contributed by atoms with Crippen LogP contribution in [0.4, 0.5) is 5.69 Å². The maximum Gasteiger partial charge on any atom is 0.0935 e. The average Bonchev–Trinajstić information content (AvgIpc) is 2.61. The molecular weight excluding hydrogens is 268 g/mol. The highest BCUT2D eigenvalue weighted by Crippen LogP contribution is 2.22. The van der Waals surface area contributed by atoms with Crippen LogP contribution >= 0.6 is 0 Å². The summed E-state index contributed by atoms with van der Waals surface area (Å²) >= 11 is 0. The zero-order chi connectivity index (χ0) is 15.0. The number of hydrogen-bond acceptors (Lipinski definition) is 2. The Bertz CT molecular complexity index is 761. The summed E-state index contributed by atoms with van der Waals surface area (Å²) < 4.78 is 0. The average molecular weight is 284 g/mol. The van der Waals surface area contributed by atoms with Gasteiger partial charge in [-0.3, -0.25) is 0 Å². The highest BCUT2D eigenvalue weighted by atomic mass is 15.1. The van der Waals surface area contributed by atoms with Crippen molar-refractivity contribution in [3.8, 4) is 0 Å². The van der Waals surface area contributed by atoms with Crippen LogP contribution in [0.15, 0.2) is 101 Å². The van der Waals surface area contributed by atoms with Crippen molar-refractivity contribution in [1.82, 2.24) is 0 Å². The second-order valence-electron chi connectivity index (χ2n) is 4.84. The van der Waals surface area contributed by atoms with Gasteiger partial charge in [-0.15, -0.1) is 5.11 Å². The fraction of sp³-hybridized carbons (Fsp3) is 0. The molecule has 0 atom stereocenters. The minimum atomic E-state index is 0.843. The molecule has 0 saturated heterocycles. The first-order chi connectivity index (χ1) is 10.9. The quantitative estimate of drug-likeness (QED) is 0.416. The summed E-state index contributed by atoms with van der Waals surface area (Å²) in [4.78, 5) is 0. The van der Waals surface area contributed by atoms with Gasteiger partial charge in [0.15, 0.2) is 0 Å². The monoisotopic (exact) mass is 284 g/mol. The SMILES string of the molecule is C(=C(\N=Nc1ccccc1)c1ccccc1)/c1ccccc1. The number of benzene rings is 3. The first-order valence-corrected chi connectivity index (χ1v) is 7.21. The largest absolute Gasteiger partial charge is 0.151 e. The van der Waals surface area contributed by atoms with Crippen molar-refractivity contribution in [3.63, 3.8) is 0 Å². The van der Waals surface area contributed by atoms with Gasteiger partial charge >= 0.3 is 0 Å². The molecule has 0 aliphatic heterocycles. The zero-order valence-electron chi connectivity index (χ0n) is 12.1. The molecule has 106 valence electrons. The van der Waals surface area contributed by atoms with E-state index in [1.54, 1.807) is 0 Å². The van der Waals surface area contributed by atoms with Gasteiger partial charge in [0, 0.05) is 5.56 Å². The molecule has 0 amide bonds. The van der Waals surface area contributed by atoms with Crippen molar-refractivity contribution in [2.45, 2.75) is 0 Å². The summed E-state index contributed by atoms with van der Waals surface area (Å²) in [5.74, 6) is 0. The third-order valence-corrected chi connectivity index (χ3v) is 3.20. The van der Waals surface area contributed by atoms with E-state index in [4.69, 9.17) is 0 Å². The van der Waals surface area contributed by atoms with Gasteiger partial charge in [0.2, 0.25) is 0 Å².